The number of carbonyl (C=O) groups excluding carboxylic acids is 2. The van der Waals surface area contributed by atoms with Gasteiger partial charge in [-0.25, -0.2) is 0 Å². The van der Waals surface area contributed by atoms with Crippen molar-refractivity contribution in [2.45, 2.75) is 80.6 Å². The van der Waals surface area contributed by atoms with Crippen LogP contribution in [0.5, 0.6) is 5.75 Å². The standard InChI is InChI=1S/C21H31N2O4.3CH3.Sn/c1-20(2,3)18-22(7)17(24)16(23(18)19(25)27-21(4,5)6)13-14-9-11-15(26-8)12-10-14;;;;/h9,11-12,16,18H,13H2,1-8H3;3*1H3;/t16-,18-;;;;/m0..../s1. The van der Waals surface area contributed by atoms with Crippen LogP contribution in [-0.2, 0) is 16.0 Å². The normalized spacial score (nSPS) is 20.3. The third kappa shape index (κ3) is 5.87. The molecule has 1 heterocycles. The third-order valence-corrected chi connectivity index (χ3v) is 11.5. The Morgan fingerprint density at radius 1 is 1.10 bits per heavy atom. The minimum absolute atomic E-state index is 0.0448. The van der Waals surface area contributed by atoms with E-state index in [2.05, 4.69) is 27.0 Å². The van der Waals surface area contributed by atoms with E-state index in [0.717, 1.165) is 11.3 Å². The van der Waals surface area contributed by atoms with Gasteiger partial charge in [0.2, 0.25) is 0 Å². The van der Waals surface area contributed by atoms with Crippen molar-refractivity contribution >= 4 is 34.0 Å². The van der Waals surface area contributed by atoms with Crippen molar-refractivity contribution in [2.75, 3.05) is 14.2 Å². The molecule has 2 amide bonds. The summed E-state index contributed by atoms with van der Waals surface area (Å²) in [5.74, 6) is 0.786. The molecule has 0 bridgehead atoms. The molecular weight excluding hydrogens is 499 g/mol. The van der Waals surface area contributed by atoms with Crippen LogP contribution in [0.3, 0.4) is 0 Å². The molecule has 6 nitrogen and oxygen atoms in total. The van der Waals surface area contributed by atoms with Crippen molar-refractivity contribution in [2.24, 2.45) is 5.41 Å². The zero-order valence-corrected chi connectivity index (χ0v) is 24.0. The van der Waals surface area contributed by atoms with E-state index < -0.39 is 36.1 Å². The fraction of sp³-hybridized carbons (Fsp3) is 0.667. The summed E-state index contributed by atoms with van der Waals surface area (Å²) in [5, 5.41) is 0. The SMILES string of the molecule is COc1ccc(C[C@H]2C(=O)N(C)[C@H](C(C)(C)C)N2C(=O)OC(C)(C)C)[c]([Sn]([CH3])([CH3])[CH3])c1. The molecule has 1 aromatic rings. The molecule has 2 atom stereocenters. The Labute approximate surface area is 192 Å². The zero-order valence-electron chi connectivity index (χ0n) is 21.1. The topological polar surface area (TPSA) is 59.1 Å². The van der Waals surface area contributed by atoms with Gasteiger partial charge in [-0.1, -0.05) is 0 Å². The van der Waals surface area contributed by atoms with Gasteiger partial charge in [0.1, 0.15) is 0 Å². The molecule has 2 rings (SSSR count). The molecule has 31 heavy (non-hydrogen) atoms. The van der Waals surface area contributed by atoms with Gasteiger partial charge in [-0.15, -0.1) is 0 Å². The molecular formula is C24H40N2O4Sn. The molecule has 0 aromatic heterocycles. The third-order valence-electron chi connectivity index (χ3n) is 5.52. The van der Waals surface area contributed by atoms with E-state index in [1.807, 2.05) is 47.6 Å². The number of likely N-dealkylation sites (N-methyl/N-ethyl adjacent to an activating group) is 1. The van der Waals surface area contributed by atoms with Gasteiger partial charge in [-0.05, 0) is 0 Å². The van der Waals surface area contributed by atoms with Crippen molar-refractivity contribution in [1.29, 1.82) is 0 Å². The van der Waals surface area contributed by atoms with Crippen molar-refractivity contribution in [1.82, 2.24) is 9.80 Å². The summed E-state index contributed by atoms with van der Waals surface area (Å²) < 4.78 is 12.5. The van der Waals surface area contributed by atoms with Crippen LogP contribution in [0.1, 0.15) is 47.1 Å². The molecule has 0 unspecified atom stereocenters. The van der Waals surface area contributed by atoms with E-state index in [0.29, 0.717) is 6.42 Å². The summed E-state index contributed by atoms with van der Waals surface area (Å²) >= 11 is -2.52. The number of rotatable bonds is 4. The van der Waals surface area contributed by atoms with Gasteiger partial charge in [0, 0.05) is 0 Å². The number of methoxy groups -OCH3 is 1. The van der Waals surface area contributed by atoms with Crippen LogP contribution in [0, 0.1) is 5.41 Å². The van der Waals surface area contributed by atoms with Crippen LogP contribution in [-0.4, -0.2) is 72.1 Å². The number of benzene rings is 1. The maximum atomic E-state index is 13.4. The summed E-state index contributed by atoms with van der Waals surface area (Å²) in [6.07, 6.45) is -0.341. The molecule has 1 aromatic carbocycles. The predicted molar refractivity (Wildman–Crippen MR) is 128 cm³/mol. The molecule has 1 saturated heterocycles. The van der Waals surface area contributed by atoms with Gasteiger partial charge in [-0.3, -0.25) is 0 Å². The summed E-state index contributed by atoms with van der Waals surface area (Å²) in [6, 6.07) is 5.53. The van der Waals surface area contributed by atoms with Gasteiger partial charge < -0.3 is 0 Å². The van der Waals surface area contributed by atoms with E-state index in [1.54, 1.807) is 24.0 Å². The van der Waals surface area contributed by atoms with Crippen molar-refractivity contribution < 1.29 is 19.1 Å². The van der Waals surface area contributed by atoms with E-state index in [-0.39, 0.29) is 17.5 Å². The first-order valence-corrected chi connectivity index (χ1v) is 20.9. The Kier molecular flexibility index (Phi) is 7.35. The van der Waals surface area contributed by atoms with Gasteiger partial charge in [0.05, 0.1) is 0 Å². The van der Waals surface area contributed by atoms with Crippen molar-refractivity contribution in [3.05, 3.63) is 23.8 Å². The van der Waals surface area contributed by atoms with Crippen LogP contribution >= 0.6 is 0 Å². The number of carbonyl (C=O) groups is 2. The predicted octanol–water partition coefficient (Wildman–Crippen LogP) is 4.23. The fourth-order valence-corrected chi connectivity index (χ4v) is 9.24. The Balaban J connectivity index is 2.55. The molecule has 1 aliphatic heterocycles. The number of hydrogen-bond donors (Lipinski definition) is 0. The molecule has 7 heteroatoms. The Hall–Kier alpha value is -1.44. The molecule has 0 saturated carbocycles. The van der Waals surface area contributed by atoms with Crippen molar-refractivity contribution in [3.8, 4) is 5.75 Å². The van der Waals surface area contributed by atoms with E-state index >= 15 is 0 Å². The Morgan fingerprint density at radius 2 is 1.68 bits per heavy atom. The first-order chi connectivity index (χ1) is 14.0. The number of ether oxygens (including phenoxy) is 2. The minimum atomic E-state index is -2.52. The van der Waals surface area contributed by atoms with Gasteiger partial charge in [0.15, 0.2) is 0 Å². The molecule has 0 N–H and O–H groups in total. The van der Waals surface area contributed by atoms with E-state index in [1.165, 1.54) is 3.58 Å². The molecule has 0 radical (unpaired) electrons. The monoisotopic (exact) mass is 540 g/mol. The number of nitrogens with zero attached hydrogens (tertiary/aromatic N) is 2. The van der Waals surface area contributed by atoms with Crippen LogP contribution in [0.4, 0.5) is 4.79 Å². The molecule has 1 aliphatic rings. The van der Waals surface area contributed by atoms with Gasteiger partial charge in [-0.2, -0.15) is 0 Å². The summed E-state index contributed by atoms with van der Waals surface area (Å²) in [7, 11) is 3.46. The first kappa shape index (κ1) is 25.8. The molecule has 0 aliphatic carbocycles. The van der Waals surface area contributed by atoms with E-state index in [9.17, 15) is 9.59 Å². The van der Waals surface area contributed by atoms with Gasteiger partial charge in [0.25, 0.3) is 0 Å². The average molecular weight is 539 g/mol. The summed E-state index contributed by atoms with van der Waals surface area (Å²) in [6.45, 7) is 11.7. The maximum absolute atomic E-state index is 13.4. The first-order valence-electron chi connectivity index (χ1n) is 10.9. The second kappa shape index (κ2) is 8.83. The van der Waals surface area contributed by atoms with Gasteiger partial charge >= 0.3 is 192 Å². The second-order valence-corrected chi connectivity index (χ2v) is 26.0. The molecule has 1 fully saturated rings. The summed E-state index contributed by atoms with van der Waals surface area (Å²) in [5.41, 5.74) is 0.169. The average Bonchev–Trinajstić information content (AvgIpc) is 2.84. The Morgan fingerprint density at radius 3 is 2.13 bits per heavy atom. The second-order valence-electron chi connectivity index (χ2n) is 11.6. The molecule has 0 spiro atoms. The van der Waals surface area contributed by atoms with Crippen molar-refractivity contribution in [3.63, 3.8) is 0 Å². The number of amides is 2. The molecule has 174 valence electrons. The summed E-state index contributed by atoms with van der Waals surface area (Å²) in [4.78, 5) is 37.1. The fourth-order valence-electron chi connectivity index (χ4n) is 4.32. The quantitative estimate of drug-likeness (QED) is 0.538. The number of hydrogen-bond acceptors (Lipinski definition) is 4. The van der Waals surface area contributed by atoms with Crippen LogP contribution < -0.4 is 8.32 Å². The van der Waals surface area contributed by atoms with Crippen LogP contribution in [0.2, 0.25) is 14.8 Å². The zero-order chi connectivity index (χ0) is 23.9. The van der Waals surface area contributed by atoms with Crippen LogP contribution in [0.15, 0.2) is 18.2 Å². The van der Waals surface area contributed by atoms with Crippen LogP contribution in [0.25, 0.3) is 0 Å². The Bertz CT molecular complexity index is 833. The van der Waals surface area contributed by atoms with E-state index in [4.69, 9.17) is 9.47 Å².